The second-order valence-electron chi connectivity index (χ2n) is 8.16. The van der Waals surface area contributed by atoms with Gasteiger partial charge in [-0.05, 0) is 66.9 Å². The summed E-state index contributed by atoms with van der Waals surface area (Å²) < 4.78 is 1.66. The van der Waals surface area contributed by atoms with Crippen molar-refractivity contribution < 1.29 is 4.79 Å². The summed E-state index contributed by atoms with van der Waals surface area (Å²) >= 11 is 11.5. The van der Waals surface area contributed by atoms with Gasteiger partial charge in [0, 0.05) is 16.6 Å². The third-order valence-corrected chi connectivity index (χ3v) is 6.77. The van der Waals surface area contributed by atoms with E-state index in [1.165, 1.54) is 11.0 Å². The first kappa shape index (κ1) is 20.8. The molecule has 1 heterocycles. The highest BCUT2D eigenvalue weighted by Gasteiger charge is 2.28. The summed E-state index contributed by atoms with van der Waals surface area (Å²) in [5.74, 6) is 0.909. The minimum Gasteiger partial charge on any atom is -0.349 e. The molecule has 1 fully saturated rings. The fourth-order valence-electron chi connectivity index (χ4n) is 4.25. The molecule has 1 aliphatic carbocycles. The second kappa shape index (κ2) is 8.36. The van der Waals surface area contributed by atoms with Crippen LogP contribution in [-0.4, -0.2) is 21.5 Å². The molecule has 0 unspecified atom stereocenters. The van der Waals surface area contributed by atoms with E-state index in [9.17, 15) is 9.59 Å². The third kappa shape index (κ3) is 3.94. The molecule has 7 heteroatoms. The number of aromatic nitrogens is 2. The van der Waals surface area contributed by atoms with Crippen LogP contribution in [0.15, 0.2) is 47.3 Å². The first-order chi connectivity index (χ1) is 14.3. The van der Waals surface area contributed by atoms with E-state index in [0.29, 0.717) is 39.0 Å². The summed E-state index contributed by atoms with van der Waals surface area (Å²) in [4.78, 5) is 29.0. The molecule has 156 valence electrons. The van der Waals surface area contributed by atoms with Crippen molar-refractivity contribution in [3.63, 3.8) is 0 Å². The van der Waals surface area contributed by atoms with E-state index in [1.54, 1.807) is 42.5 Å². The topological polar surface area (TPSA) is 66.9 Å². The average Bonchev–Trinajstić information content (AvgIpc) is 2.71. The molecule has 3 atom stereocenters. The molecule has 1 aliphatic rings. The van der Waals surface area contributed by atoms with Crippen LogP contribution in [0.3, 0.4) is 0 Å². The Bertz CT molecular complexity index is 1230. The van der Waals surface area contributed by atoms with Crippen LogP contribution in [0.2, 0.25) is 5.02 Å². The van der Waals surface area contributed by atoms with Gasteiger partial charge in [-0.3, -0.25) is 14.2 Å². The number of nitrogens with zero attached hydrogens (tertiary/aromatic N) is 1. The molecule has 0 radical (unpaired) electrons. The summed E-state index contributed by atoms with van der Waals surface area (Å²) in [5.41, 5.74) is 1.40. The Balaban J connectivity index is 1.69. The van der Waals surface area contributed by atoms with Gasteiger partial charge in [0.25, 0.3) is 11.5 Å². The minimum absolute atomic E-state index is 0.127. The summed E-state index contributed by atoms with van der Waals surface area (Å²) in [5, 5.41) is 4.19. The molecule has 5 nitrogen and oxygen atoms in total. The molecule has 1 amide bonds. The number of aromatic amines is 1. The second-order valence-corrected chi connectivity index (χ2v) is 8.98. The molecule has 2 aromatic carbocycles. The van der Waals surface area contributed by atoms with Gasteiger partial charge in [0.1, 0.15) is 0 Å². The van der Waals surface area contributed by atoms with Crippen LogP contribution in [0.5, 0.6) is 0 Å². The van der Waals surface area contributed by atoms with E-state index in [4.69, 9.17) is 23.8 Å². The highest BCUT2D eigenvalue weighted by Crippen LogP contribution is 2.29. The van der Waals surface area contributed by atoms with E-state index >= 15 is 0 Å². The van der Waals surface area contributed by atoms with Crippen molar-refractivity contribution in [2.45, 2.75) is 39.2 Å². The fraction of sp³-hybridized carbons (Fsp3) is 0.348. The Kier molecular flexibility index (Phi) is 5.80. The van der Waals surface area contributed by atoms with Crippen LogP contribution in [0.4, 0.5) is 0 Å². The Morgan fingerprint density at radius 2 is 2.00 bits per heavy atom. The lowest BCUT2D eigenvalue weighted by atomic mass is 9.78. The van der Waals surface area contributed by atoms with E-state index in [0.717, 1.165) is 12.8 Å². The van der Waals surface area contributed by atoms with Crippen molar-refractivity contribution >= 4 is 40.6 Å². The molecule has 1 aromatic heterocycles. The predicted molar refractivity (Wildman–Crippen MR) is 123 cm³/mol. The zero-order valence-electron chi connectivity index (χ0n) is 16.9. The van der Waals surface area contributed by atoms with Crippen LogP contribution in [0.1, 0.15) is 43.5 Å². The number of H-pyrrole nitrogens is 1. The molecule has 2 N–H and O–H groups in total. The molecule has 30 heavy (non-hydrogen) atoms. The Morgan fingerprint density at radius 1 is 1.20 bits per heavy atom. The molecule has 0 bridgehead atoms. The number of nitrogens with one attached hydrogen (secondary N) is 2. The number of fused-ring (bicyclic) bond motifs is 1. The van der Waals surface area contributed by atoms with Gasteiger partial charge < -0.3 is 10.3 Å². The lowest BCUT2D eigenvalue weighted by Crippen LogP contribution is -2.43. The van der Waals surface area contributed by atoms with Gasteiger partial charge in [-0.1, -0.05) is 44.4 Å². The molecule has 4 rings (SSSR count). The number of carbonyl (C=O) groups is 1. The lowest BCUT2D eigenvalue weighted by Gasteiger charge is -2.34. The number of amides is 1. The summed E-state index contributed by atoms with van der Waals surface area (Å²) in [7, 11) is 0. The zero-order valence-corrected chi connectivity index (χ0v) is 18.5. The van der Waals surface area contributed by atoms with E-state index in [1.807, 2.05) is 0 Å². The van der Waals surface area contributed by atoms with Gasteiger partial charge in [0.2, 0.25) is 0 Å². The SMILES string of the molecule is C[C@H]1[C@H](C)CCC[C@H]1NC(=O)c1cccc(-n2c(=S)[nH]c3cc(Cl)ccc3c2=O)c1. The maximum absolute atomic E-state index is 13.1. The number of benzene rings is 2. The largest absolute Gasteiger partial charge is 0.349 e. The normalized spacial score (nSPS) is 21.5. The molecular formula is C23H24ClN3O2S. The highest BCUT2D eigenvalue weighted by molar-refractivity contribution is 7.71. The number of carbonyl (C=O) groups excluding carboxylic acids is 1. The van der Waals surface area contributed by atoms with Crippen molar-refractivity contribution in [1.29, 1.82) is 0 Å². The third-order valence-electron chi connectivity index (χ3n) is 6.25. The van der Waals surface area contributed by atoms with Crippen molar-refractivity contribution in [3.05, 3.63) is 68.2 Å². The van der Waals surface area contributed by atoms with E-state index in [2.05, 4.69) is 24.1 Å². The maximum atomic E-state index is 13.1. The molecule has 0 aliphatic heterocycles. The molecule has 0 saturated heterocycles. The van der Waals surface area contributed by atoms with Gasteiger partial charge in [-0.15, -0.1) is 0 Å². The number of rotatable bonds is 3. The smallest absolute Gasteiger partial charge is 0.266 e. The van der Waals surface area contributed by atoms with Crippen molar-refractivity contribution in [2.24, 2.45) is 11.8 Å². The lowest BCUT2D eigenvalue weighted by molar-refractivity contribution is 0.0891. The number of hydrogen-bond acceptors (Lipinski definition) is 3. The monoisotopic (exact) mass is 441 g/mol. The Hall–Kier alpha value is -2.44. The van der Waals surface area contributed by atoms with Crippen molar-refractivity contribution in [3.8, 4) is 5.69 Å². The van der Waals surface area contributed by atoms with Crippen LogP contribution in [0.25, 0.3) is 16.6 Å². The minimum atomic E-state index is -0.252. The molecule has 0 spiro atoms. The van der Waals surface area contributed by atoms with E-state index in [-0.39, 0.29) is 22.3 Å². The van der Waals surface area contributed by atoms with Gasteiger partial charge in [-0.25, -0.2) is 0 Å². The molecule has 1 saturated carbocycles. The van der Waals surface area contributed by atoms with E-state index < -0.39 is 0 Å². The zero-order chi connectivity index (χ0) is 21.4. The molecular weight excluding hydrogens is 418 g/mol. The quantitative estimate of drug-likeness (QED) is 0.545. The standard InChI is InChI=1S/C23H24ClN3O2S/c1-13-5-3-8-19(14(13)2)25-21(28)15-6-4-7-17(11-15)27-22(29)18-10-9-16(24)12-20(18)26-23(27)30/h4,6-7,9-14,19H,3,5,8H2,1-2H3,(H,25,28)(H,26,30)/t13-,14+,19-/m1/s1. The summed E-state index contributed by atoms with van der Waals surface area (Å²) in [6, 6.07) is 12.2. The number of hydrogen-bond donors (Lipinski definition) is 2. The van der Waals surface area contributed by atoms with Gasteiger partial charge in [0.05, 0.1) is 16.6 Å². The summed E-state index contributed by atoms with van der Waals surface area (Å²) in [6.07, 6.45) is 3.33. The van der Waals surface area contributed by atoms with Gasteiger partial charge in [0.15, 0.2) is 4.77 Å². The van der Waals surface area contributed by atoms with Crippen LogP contribution >= 0.6 is 23.8 Å². The van der Waals surface area contributed by atoms with Gasteiger partial charge in [-0.2, -0.15) is 0 Å². The average molecular weight is 442 g/mol. The first-order valence-corrected chi connectivity index (χ1v) is 11.0. The van der Waals surface area contributed by atoms with Crippen LogP contribution in [0, 0.1) is 16.6 Å². The first-order valence-electron chi connectivity index (χ1n) is 10.2. The maximum Gasteiger partial charge on any atom is 0.266 e. The Morgan fingerprint density at radius 3 is 2.80 bits per heavy atom. The Labute approximate surface area is 185 Å². The van der Waals surface area contributed by atoms with Crippen LogP contribution in [-0.2, 0) is 0 Å². The van der Waals surface area contributed by atoms with Crippen LogP contribution < -0.4 is 10.9 Å². The fourth-order valence-corrected chi connectivity index (χ4v) is 4.72. The summed E-state index contributed by atoms with van der Waals surface area (Å²) in [6.45, 7) is 4.44. The van der Waals surface area contributed by atoms with Gasteiger partial charge >= 0.3 is 0 Å². The van der Waals surface area contributed by atoms with Crippen molar-refractivity contribution in [2.75, 3.05) is 0 Å². The number of halogens is 1. The highest BCUT2D eigenvalue weighted by atomic mass is 35.5. The molecule has 3 aromatic rings. The van der Waals surface area contributed by atoms with Crippen molar-refractivity contribution in [1.82, 2.24) is 14.9 Å². The predicted octanol–water partition coefficient (Wildman–Crippen LogP) is 5.26.